The molecule has 0 saturated heterocycles. The van der Waals surface area contributed by atoms with E-state index in [2.05, 4.69) is 56.3 Å². The van der Waals surface area contributed by atoms with Gasteiger partial charge < -0.3 is 0 Å². The first kappa shape index (κ1) is 11.0. The highest BCUT2D eigenvalue weighted by atomic mass is 14.0. The minimum Gasteiger partial charge on any atom is -0.0879 e. The molecule has 0 amide bonds. The number of rotatable bonds is 5. The molecule has 0 saturated carbocycles. The summed E-state index contributed by atoms with van der Waals surface area (Å²) in [6.45, 7) is 4.49. The molecule has 0 fully saturated rings. The van der Waals surface area contributed by atoms with Gasteiger partial charge in [-0.2, -0.15) is 0 Å². The Kier molecular flexibility index (Phi) is 5.06. The maximum absolute atomic E-state index is 2.32. The summed E-state index contributed by atoms with van der Waals surface area (Å²) in [6, 6.07) is 10.7. The van der Waals surface area contributed by atoms with Crippen LogP contribution in [0.2, 0.25) is 0 Å². The molecular weight excluding hydrogens is 168 g/mol. The lowest BCUT2D eigenvalue weighted by Crippen LogP contribution is -1.85. The highest BCUT2D eigenvalue weighted by Gasteiger charge is 1.91. The van der Waals surface area contributed by atoms with Gasteiger partial charge in [0, 0.05) is 0 Å². The summed E-state index contributed by atoms with van der Waals surface area (Å²) in [5.41, 5.74) is 1.43. The number of benzene rings is 1. The fourth-order valence-corrected chi connectivity index (χ4v) is 1.36. The molecule has 1 atom stereocenters. The first-order valence-corrected chi connectivity index (χ1v) is 5.53. The van der Waals surface area contributed by atoms with Crippen molar-refractivity contribution in [3.05, 3.63) is 48.0 Å². The zero-order valence-electron chi connectivity index (χ0n) is 9.24. The molecule has 1 unspecified atom stereocenters. The molecule has 1 aromatic carbocycles. The molecule has 1 aromatic rings. The highest BCUT2D eigenvalue weighted by molar-refractivity contribution is 5.15. The van der Waals surface area contributed by atoms with Gasteiger partial charge in [-0.25, -0.2) is 0 Å². The molecule has 0 heterocycles. The topological polar surface area (TPSA) is 0 Å². The van der Waals surface area contributed by atoms with E-state index in [1.807, 2.05) is 0 Å². The van der Waals surface area contributed by atoms with E-state index in [4.69, 9.17) is 0 Å². The van der Waals surface area contributed by atoms with Gasteiger partial charge in [-0.1, -0.05) is 62.8 Å². The van der Waals surface area contributed by atoms with E-state index in [1.54, 1.807) is 0 Å². The van der Waals surface area contributed by atoms with Crippen LogP contribution in [0.15, 0.2) is 42.5 Å². The summed E-state index contributed by atoms with van der Waals surface area (Å²) in [6.07, 6.45) is 8.19. The largest absolute Gasteiger partial charge is 0.0879 e. The molecule has 0 aliphatic carbocycles. The van der Waals surface area contributed by atoms with Crippen molar-refractivity contribution in [1.82, 2.24) is 0 Å². The Morgan fingerprint density at radius 2 is 1.93 bits per heavy atom. The molecule has 0 aliphatic heterocycles. The average molecular weight is 188 g/mol. The molecule has 0 bridgehead atoms. The molecule has 76 valence electrons. The Bertz CT molecular complexity index is 259. The molecule has 0 aromatic heterocycles. The Morgan fingerprint density at radius 3 is 2.57 bits per heavy atom. The monoisotopic (exact) mass is 188 g/mol. The highest BCUT2D eigenvalue weighted by Crippen LogP contribution is 2.06. The summed E-state index contributed by atoms with van der Waals surface area (Å²) >= 11 is 0. The third kappa shape index (κ3) is 4.27. The number of hydrogen-bond acceptors (Lipinski definition) is 0. The summed E-state index contributed by atoms with van der Waals surface area (Å²) in [7, 11) is 0. The summed E-state index contributed by atoms with van der Waals surface area (Å²) in [5, 5.41) is 0. The molecule has 0 nitrogen and oxygen atoms in total. The molecule has 0 radical (unpaired) electrons. The zero-order valence-corrected chi connectivity index (χ0v) is 9.24. The third-order valence-electron chi connectivity index (χ3n) is 2.55. The minimum atomic E-state index is 0.728. The Hall–Kier alpha value is -1.04. The lowest BCUT2D eigenvalue weighted by molar-refractivity contribution is 0.694. The second-order valence-electron chi connectivity index (χ2n) is 3.84. The van der Waals surface area contributed by atoms with Gasteiger partial charge in [0.05, 0.1) is 0 Å². The fraction of sp³-hybridized carbons (Fsp3) is 0.429. The average Bonchev–Trinajstić information content (AvgIpc) is 2.25. The van der Waals surface area contributed by atoms with Crippen molar-refractivity contribution in [1.29, 1.82) is 0 Å². The van der Waals surface area contributed by atoms with E-state index in [9.17, 15) is 0 Å². The van der Waals surface area contributed by atoms with Crippen molar-refractivity contribution < 1.29 is 0 Å². The van der Waals surface area contributed by atoms with Gasteiger partial charge in [0.25, 0.3) is 0 Å². The lowest BCUT2D eigenvalue weighted by Gasteiger charge is -2.00. The van der Waals surface area contributed by atoms with Crippen molar-refractivity contribution in [3.63, 3.8) is 0 Å². The van der Waals surface area contributed by atoms with Crippen molar-refractivity contribution in [3.8, 4) is 0 Å². The molecule has 1 rings (SSSR count). The number of hydrogen-bond donors (Lipinski definition) is 0. The first-order valence-electron chi connectivity index (χ1n) is 5.53. The molecule has 0 aliphatic rings. The predicted molar refractivity (Wildman–Crippen MR) is 63.4 cm³/mol. The zero-order chi connectivity index (χ0) is 10.2. The van der Waals surface area contributed by atoms with E-state index in [0.717, 1.165) is 18.8 Å². The second-order valence-corrected chi connectivity index (χ2v) is 3.84. The van der Waals surface area contributed by atoms with Crippen LogP contribution in [0.4, 0.5) is 0 Å². The van der Waals surface area contributed by atoms with Gasteiger partial charge in [0.15, 0.2) is 0 Å². The van der Waals surface area contributed by atoms with Crippen molar-refractivity contribution in [2.75, 3.05) is 0 Å². The quantitative estimate of drug-likeness (QED) is 0.607. The summed E-state index contributed by atoms with van der Waals surface area (Å²) in [5.74, 6) is 0.728. The van der Waals surface area contributed by atoms with Crippen LogP contribution >= 0.6 is 0 Å². The van der Waals surface area contributed by atoms with Crippen molar-refractivity contribution in [2.24, 2.45) is 5.92 Å². The van der Waals surface area contributed by atoms with Gasteiger partial charge in [0.2, 0.25) is 0 Å². The van der Waals surface area contributed by atoms with Gasteiger partial charge in [-0.3, -0.25) is 0 Å². The SMILES string of the molecule is CCC(C)C=CCCc1ccccc1. The normalized spacial score (nSPS) is 13.3. The summed E-state index contributed by atoms with van der Waals surface area (Å²) in [4.78, 5) is 0. The van der Waals surface area contributed by atoms with Crippen molar-refractivity contribution >= 4 is 0 Å². The van der Waals surface area contributed by atoms with Gasteiger partial charge >= 0.3 is 0 Å². The van der Waals surface area contributed by atoms with Crippen LogP contribution in [0.5, 0.6) is 0 Å². The van der Waals surface area contributed by atoms with E-state index < -0.39 is 0 Å². The molecule has 14 heavy (non-hydrogen) atoms. The molecular formula is C14H20. The fourth-order valence-electron chi connectivity index (χ4n) is 1.36. The van der Waals surface area contributed by atoms with Crippen LogP contribution in [-0.4, -0.2) is 0 Å². The van der Waals surface area contributed by atoms with E-state index in [1.165, 1.54) is 12.0 Å². The van der Waals surface area contributed by atoms with Crippen LogP contribution < -0.4 is 0 Å². The van der Waals surface area contributed by atoms with Crippen LogP contribution in [0.25, 0.3) is 0 Å². The van der Waals surface area contributed by atoms with Crippen LogP contribution in [0.3, 0.4) is 0 Å². The van der Waals surface area contributed by atoms with Crippen LogP contribution in [0, 0.1) is 5.92 Å². The van der Waals surface area contributed by atoms with E-state index >= 15 is 0 Å². The number of allylic oxidation sites excluding steroid dienone is 2. The van der Waals surface area contributed by atoms with E-state index in [-0.39, 0.29) is 0 Å². The Balaban J connectivity index is 2.25. The van der Waals surface area contributed by atoms with Gasteiger partial charge in [-0.15, -0.1) is 0 Å². The third-order valence-corrected chi connectivity index (χ3v) is 2.55. The van der Waals surface area contributed by atoms with E-state index in [0.29, 0.717) is 0 Å². The lowest BCUT2D eigenvalue weighted by atomic mass is 10.1. The van der Waals surface area contributed by atoms with Crippen LogP contribution in [-0.2, 0) is 6.42 Å². The minimum absolute atomic E-state index is 0.728. The Labute approximate surface area is 87.7 Å². The van der Waals surface area contributed by atoms with Gasteiger partial charge in [-0.05, 0) is 24.3 Å². The molecule has 0 spiro atoms. The number of aryl methyl sites for hydroxylation is 1. The maximum Gasteiger partial charge on any atom is -0.0244 e. The smallest absolute Gasteiger partial charge is 0.0244 e. The van der Waals surface area contributed by atoms with Crippen molar-refractivity contribution in [2.45, 2.75) is 33.1 Å². The molecule has 0 heteroatoms. The summed E-state index contributed by atoms with van der Waals surface area (Å²) < 4.78 is 0. The predicted octanol–water partition coefficient (Wildman–Crippen LogP) is 4.22. The molecule has 0 N–H and O–H groups in total. The maximum atomic E-state index is 2.32. The van der Waals surface area contributed by atoms with Crippen LogP contribution in [0.1, 0.15) is 32.3 Å². The first-order chi connectivity index (χ1) is 6.83. The van der Waals surface area contributed by atoms with Gasteiger partial charge in [0.1, 0.15) is 0 Å². The standard InChI is InChI=1S/C14H20/c1-3-13(2)9-7-8-12-14-10-5-4-6-11-14/h4-7,9-11,13H,3,8,12H2,1-2H3. The Morgan fingerprint density at radius 1 is 1.21 bits per heavy atom. The second kappa shape index (κ2) is 6.42.